The molecule has 1 aliphatic heterocycles. The number of aromatic nitrogens is 1. The number of nitrogens with one attached hydrogen (secondary N) is 2. The average Bonchev–Trinajstić information content (AvgIpc) is 2.73. The number of benzene rings is 1. The fourth-order valence-corrected chi connectivity index (χ4v) is 4.08. The van der Waals surface area contributed by atoms with Gasteiger partial charge in [0.15, 0.2) is 0 Å². The van der Waals surface area contributed by atoms with Crippen LogP contribution in [0.5, 0.6) is 0 Å². The predicted octanol–water partition coefficient (Wildman–Crippen LogP) is 2.58. The molecule has 7 nitrogen and oxygen atoms in total. The lowest BCUT2D eigenvalue weighted by molar-refractivity contribution is -0.118. The summed E-state index contributed by atoms with van der Waals surface area (Å²) in [6.45, 7) is 4.41. The van der Waals surface area contributed by atoms with E-state index in [9.17, 15) is 9.59 Å². The number of rotatable bonds is 8. The molecular weight excluding hydrogens is 466 g/mol. The molecule has 0 atom stereocenters. The van der Waals surface area contributed by atoms with Crippen molar-refractivity contribution in [2.24, 2.45) is 0 Å². The highest BCUT2D eigenvalue weighted by atomic mass is 79.9. The standard InChI is InChI=1S/C21H26BrN5O2S/c1-26-7-9-27(10-8-26)19-11-16(5-6-23-19)13-24-20(28)14-30-15-21(29)25-18-4-2-3-17(22)12-18/h2-6,11-12H,7-10,13-15H2,1H3,(H,24,28)(H,25,29). The van der Waals surface area contributed by atoms with E-state index in [4.69, 9.17) is 0 Å². The zero-order valence-corrected chi connectivity index (χ0v) is 19.3. The number of thioether (sulfide) groups is 1. The number of likely N-dealkylation sites (N-methyl/N-ethyl adjacent to an activating group) is 1. The van der Waals surface area contributed by atoms with E-state index in [1.54, 1.807) is 6.20 Å². The molecule has 1 saturated heterocycles. The summed E-state index contributed by atoms with van der Waals surface area (Å²) in [6, 6.07) is 11.4. The second kappa shape index (κ2) is 11.3. The maximum Gasteiger partial charge on any atom is 0.234 e. The van der Waals surface area contributed by atoms with Crippen molar-refractivity contribution in [3.63, 3.8) is 0 Å². The van der Waals surface area contributed by atoms with Crippen LogP contribution in [-0.2, 0) is 16.1 Å². The number of piperazine rings is 1. The average molecular weight is 492 g/mol. The maximum absolute atomic E-state index is 12.1. The lowest BCUT2D eigenvalue weighted by Crippen LogP contribution is -2.44. The molecule has 0 saturated carbocycles. The molecule has 2 amide bonds. The normalized spacial score (nSPS) is 14.4. The molecule has 3 rings (SSSR count). The second-order valence-corrected chi connectivity index (χ2v) is 9.04. The third-order valence-electron chi connectivity index (χ3n) is 4.70. The fourth-order valence-electron chi connectivity index (χ4n) is 3.03. The fraction of sp³-hybridized carbons (Fsp3) is 0.381. The van der Waals surface area contributed by atoms with Crippen LogP contribution < -0.4 is 15.5 Å². The minimum absolute atomic E-state index is 0.0896. The van der Waals surface area contributed by atoms with Crippen LogP contribution in [0.2, 0.25) is 0 Å². The van der Waals surface area contributed by atoms with Crippen LogP contribution in [0.25, 0.3) is 0 Å². The van der Waals surface area contributed by atoms with Crippen molar-refractivity contribution < 1.29 is 9.59 Å². The number of anilines is 2. The van der Waals surface area contributed by atoms with Crippen LogP contribution in [0.4, 0.5) is 11.5 Å². The summed E-state index contributed by atoms with van der Waals surface area (Å²) >= 11 is 4.66. The van der Waals surface area contributed by atoms with Crippen molar-refractivity contribution in [3.8, 4) is 0 Å². The van der Waals surface area contributed by atoms with Gasteiger partial charge < -0.3 is 20.4 Å². The van der Waals surface area contributed by atoms with Crippen molar-refractivity contribution in [2.75, 3.05) is 54.9 Å². The molecule has 2 N–H and O–H groups in total. The van der Waals surface area contributed by atoms with E-state index < -0.39 is 0 Å². The van der Waals surface area contributed by atoms with Crippen LogP contribution in [0.3, 0.4) is 0 Å². The Balaban J connectivity index is 1.37. The Labute approximate surface area is 189 Å². The first-order valence-corrected chi connectivity index (χ1v) is 11.7. The molecule has 1 fully saturated rings. The van der Waals surface area contributed by atoms with Crippen LogP contribution in [0, 0.1) is 0 Å². The third-order valence-corrected chi connectivity index (χ3v) is 6.13. The number of amides is 2. The van der Waals surface area contributed by atoms with E-state index in [-0.39, 0.29) is 23.3 Å². The lowest BCUT2D eigenvalue weighted by atomic mass is 10.2. The molecule has 0 spiro atoms. The van der Waals surface area contributed by atoms with Gasteiger partial charge in [-0.15, -0.1) is 11.8 Å². The molecule has 30 heavy (non-hydrogen) atoms. The zero-order chi connectivity index (χ0) is 21.3. The Kier molecular flexibility index (Phi) is 8.53. The highest BCUT2D eigenvalue weighted by Gasteiger charge is 2.15. The van der Waals surface area contributed by atoms with Gasteiger partial charge in [0.05, 0.1) is 11.5 Å². The Morgan fingerprint density at radius 1 is 1.10 bits per heavy atom. The minimum Gasteiger partial charge on any atom is -0.354 e. The van der Waals surface area contributed by atoms with Crippen molar-refractivity contribution in [1.29, 1.82) is 0 Å². The molecular formula is C21H26BrN5O2S. The number of hydrogen-bond acceptors (Lipinski definition) is 6. The first-order valence-electron chi connectivity index (χ1n) is 9.78. The van der Waals surface area contributed by atoms with E-state index in [1.807, 2.05) is 36.4 Å². The zero-order valence-electron chi connectivity index (χ0n) is 16.9. The number of hydrogen-bond donors (Lipinski definition) is 2. The molecule has 2 aromatic rings. The van der Waals surface area contributed by atoms with Gasteiger partial charge in [0.2, 0.25) is 11.8 Å². The molecule has 0 aliphatic carbocycles. The van der Waals surface area contributed by atoms with Crippen LogP contribution >= 0.6 is 27.7 Å². The topological polar surface area (TPSA) is 77.6 Å². The smallest absolute Gasteiger partial charge is 0.234 e. The summed E-state index contributed by atoms with van der Waals surface area (Å²) in [5.41, 5.74) is 1.75. The summed E-state index contributed by atoms with van der Waals surface area (Å²) in [5.74, 6) is 1.20. The monoisotopic (exact) mass is 491 g/mol. The first-order chi connectivity index (χ1) is 14.5. The number of halogens is 1. The van der Waals surface area contributed by atoms with Crippen molar-refractivity contribution >= 4 is 51.0 Å². The largest absolute Gasteiger partial charge is 0.354 e. The molecule has 1 aliphatic rings. The SMILES string of the molecule is CN1CCN(c2cc(CNC(=O)CSCC(=O)Nc3cccc(Br)c3)ccn2)CC1. The van der Waals surface area contributed by atoms with E-state index >= 15 is 0 Å². The summed E-state index contributed by atoms with van der Waals surface area (Å²) in [4.78, 5) is 33.2. The van der Waals surface area contributed by atoms with Gasteiger partial charge in [-0.1, -0.05) is 22.0 Å². The van der Waals surface area contributed by atoms with Gasteiger partial charge in [-0.3, -0.25) is 9.59 Å². The molecule has 1 aromatic heterocycles. The minimum atomic E-state index is -0.128. The Bertz CT molecular complexity index is 874. The van der Waals surface area contributed by atoms with Gasteiger partial charge in [0, 0.05) is 49.1 Å². The van der Waals surface area contributed by atoms with Gasteiger partial charge in [-0.25, -0.2) is 4.98 Å². The maximum atomic E-state index is 12.1. The highest BCUT2D eigenvalue weighted by Crippen LogP contribution is 2.16. The van der Waals surface area contributed by atoms with E-state index in [2.05, 4.69) is 48.4 Å². The third kappa shape index (κ3) is 7.30. The lowest BCUT2D eigenvalue weighted by Gasteiger charge is -2.33. The van der Waals surface area contributed by atoms with E-state index in [0.717, 1.165) is 47.7 Å². The van der Waals surface area contributed by atoms with Crippen LogP contribution in [0.1, 0.15) is 5.56 Å². The van der Waals surface area contributed by atoms with Crippen molar-refractivity contribution in [2.45, 2.75) is 6.54 Å². The van der Waals surface area contributed by atoms with Crippen LogP contribution in [0.15, 0.2) is 47.1 Å². The summed E-state index contributed by atoms with van der Waals surface area (Å²) < 4.78 is 0.902. The van der Waals surface area contributed by atoms with Crippen molar-refractivity contribution in [3.05, 3.63) is 52.6 Å². The van der Waals surface area contributed by atoms with Gasteiger partial charge in [0.1, 0.15) is 5.82 Å². The Morgan fingerprint density at radius 2 is 1.87 bits per heavy atom. The molecule has 160 valence electrons. The Hall–Kier alpha value is -2.10. The molecule has 1 aromatic carbocycles. The quantitative estimate of drug-likeness (QED) is 0.590. The molecule has 2 heterocycles. The number of carbonyl (C=O) groups is 2. The summed E-state index contributed by atoms with van der Waals surface area (Å²) in [7, 11) is 2.12. The molecule has 0 unspecified atom stereocenters. The van der Waals surface area contributed by atoms with Crippen LogP contribution in [-0.4, -0.2) is 66.4 Å². The van der Waals surface area contributed by atoms with E-state index in [0.29, 0.717) is 6.54 Å². The van der Waals surface area contributed by atoms with Gasteiger partial charge in [-0.05, 0) is 42.9 Å². The number of pyridine rings is 1. The van der Waals surface area contributed by atoms with E-state index in [1.165, 1.54) is 11.8 Å². The molecule has 0 radical (unpaired) electrons. The molecule has 9 heteroatoms. The van der Waals surface area contributed by atoms with Gasteiger partial charge in [0.25, 0.3) is 0 Å². The highest BCUT2D eigenvalue weighted by molar-refractivity contribution is 9.10. The number of carbonyl (C=O) groups excluding carboxylic acids is 2. The predicted molar refractivity (Wildman–Crippen MR) is 126 cm³/mol. The molecule has 0 bridgehead atoms. The Morgan fingerprint density at radius 3 is 2.63 bits per heavy atom. The summed E-state index contributed by atoms with van der Waals surface area (Å²) in [5, 5.41) is 5.73. The second-order valence-electron chi connectivity index (χ2n) is 7.14. The first kappa shape index (κ1) is 22.6. The van der Waals surface area contributed by atoms with Crippen molar-refractivity contribution in [1.82, 2.24) is 15.2 Å². The van der Waals surface area contributed by atoms with Gasteiger partial charge in [-0.2, -0.15) is 0 Å². The summed E-state index contributed by atoms with van der Waals surface area (Å²) in [6.07, 6.45) is 1.79. The number of nitrogens with zero attached hydrogens (tertiary/aromatic N) is 3. The van der Waals surface area contributed by atoms with Gasteiger partial charge >= 0.3 is 0 Å².